The first kappa shape index (κ1) is 16.4. The van der Waals surface area contributed by atoms with E-state index in [1.165, 1.54) is 20.3 Å². The number of carbonyl (C=O) groups excluding carboxylic acids is 2. The van der Waals surface area contributed by atoms with Gasteiger partial charge in [-0.1, -0.05) is 5.21 Å². The Morgan fingerprint density at radius 3 is 2.80 bits per heavy atom. The van der Waals surface area contributed by atoms with Gasteiger partial charge in [0.05, 0.1) is 17.2 Å². The summed E-state index contributed by atoms with van der Waals surface area (Å²) in [6, 6.07) is 4.88. The van der Waals surface area contributed by atoms with Crippen LogP contribution in [0.25, 0.3) is 11.0 Å². The summed E-state index contributed by atoms with van der Waals surface area (Å²) in [4.78, 5) is 30.0. The van der Waals surface area contributed by atoms with Crippen molar-refractivity contribution in [1.82, 2.24) is 29.4 Å². The minimum atomic E-state index is -0.328. The molecule has 130 valence electrons. The van der Waals surface area contributed by atoms with Crippen molar-refractivity contribution in [1.29, 1.82) is 0 Å². The molecular formula is C15H18N8O2. The first-order valence-corrected chi connectivity index (χ1v) is 7.51. The molecule has 3 aromatic rings. The lowest BCUT2D eigenvalue weighted by Gasteiger charge is -2.09. The van der Waals surface area contributed by atoms with Crippen LogP contribution in [0.4, 0.5) is 16.3 Å². The highest BCUT2D eigenvalue weighted by Gasteiger charge is 2.16. The van der Waals surface area contributed by atoms with E-state index in [0.717, 1.165) is 0 Å². The Bertz CT molecular complexity index is 956. The Morgan fingerprint density at radius 2 is 2.08 bits per heavy atom. The van der Waals surface area contributed by atoms with Gasteiger partial charge in [0.1, 0.15) is 12.4 Å². The number of carbonyl (C=O) groups is 2. The molecule has 10 heteroatoms. The molecule has 25 heavy (non-hydrogen) atoms. The molecule has 2 aromatic heterocycles. The number of aromatic nitrogens is 5. The topological polar surface area (TPSA) is 124 Å². The first-order chi connectivity index (χ1) is 11.8. The van der Waals surface area contributed by atoms with E-state index in [1.807, 2.05) is 0 Å². The summed E-state index contributed by atoms with van der Waals surface area (Å²) in [6.07, 6.45) is 1.49. The predicted octanol–water partition coefficient (Wildman–Crippen LogP) is 0.952. The number of nitrogens with two attached hydrogens (primary N) is 1. The summed E-state index contributed by atoms with van der Waals surface area (Å²) in [6.45, 7) is 1.70. The molecule has 3 N–H and O–H groups in total. The monoisotopic (exact) mass is 342 g/mol. The number of nitrogens with one attached hydrogen (secondary N) is 1. The van der Waals surface area contributed by atoms with Crippen LogP contribution in [0.1, 0.15) is 10.6 Å². The van der Waals surface area contributed by atoms with Crippen LogP contribution < -0.4 is 11.1 Å². The van der Waals surface area contributed by atoms with Crippen molar-refractivity contribution in [3.05, 3.63) is 30.2 Å². The van der Waals surface area contributed by atoms with Crippen molar-refractivity contribution in [3.63, 3.8) is 0 Å². The molecule has 0 saturated carbocycles. The van der Waals surface area contributed by atoms with Crippen LogP contribution in [0.3, 0.4) is 0 Å². The lowest BCUT2D eigenvalue weighted by Crippen LogP contribution is -2.27. The summed E-state index contributed by atoms with van der Waals surface area (Å²) >= 11 is 0. The van der Waals surface area contributed by atoms with Crippen molar-refractivity contribution in [2.45, 2.75) is 13.5 Å². The number of aryl methyl sites for hydroxylation is 1. The van der Waals surface area contributed by atoms with Crippen LogP contribution in [0.5, 0.6) is 0 Å². The zero-order chi connectivity index (χ0) is 18.1. The minimum absolute atomic E-state index is 0.0497. The summed E-state index contributed by atoms with van der Waals surface area (Å²) in [7, 11) is 3.23. The van der Waals surface area contributed by atoms with E-state index >= 15 is 0 Å². The molecule has 2 amide bonds. The largest absolute Gasteiger partial charge is 0.399 e. The van der Waals surface area contributed by atoms with Gasteiger partial charge in [0.25, 0.3) is 5.91 Å². The summed E-state index contributed by atoms with van der Waals surface area (Å²) in [5.41, 5.74) is 7.69. The number of amides is 2. The highest BCUT2D eigenvalue weighted by Crippen LogP contribution is 2.19. The fourth-order valence-electron chi connectivity index (χ4n) is 2.39. The van der Waals surface area contributed by atoms with E-state index in [9.17, 15) is 9.59 Å². The van der Waals surface area contributed by atoms with E-state index < -0.39 is 0 Å². The second-order valence-corrected chi connectivity index (χ2v) is 5.76. The number of rotatable bonds is 3. The minimum Gasteiger partial charge on any atom is -0.399 e. The molecule has 0 unspecified atom stereocenters. The van der Waals surface area contributed by atoms with Gasteiger partial charge in [-0.3, -0.25) is 14.7 Å². The third-order valence-electron chi connectivity index (χ3n) is 3.57. The van der Waals surface area contributed by atoms with Gasteiger partial charge in [-0.2, -0.15) is 0 Å². The third kappa shape index (κ3) is 3.27. The number of hydrogen-bond donors (Lipinski definition) is 2. The van der Waals surface area contributed by atoms with Gasteiger partial charge in [-0.25, -0.2) is 14.5 Å². The molecule has 3 rings (SSSR count). The number of benzene rings is 1. The molecule has 0 aliphatic heterocycles. The summed E-state index contributed by atoms with van der Waals surface area (Å²) < 4.78 is 2.84. The maximum atomic E-state index is 12.7. The van der Waals surface area contributed by atoms with E-state index in [1.54, 1.807) is 39.2 Å². The summed E-state index contributed by atoms with van der Waals surface area (Å²) in [5.74, 6) is 0.593. The SMILES string of the molecule is Cc1nc2ccc(N)cc2n1C(=O)Cn1cc(NC(=O)N(C)C)nn1. The molecule has 0 saturated heterocycles. The smallest absolute Gasteiger partial charge is 0.322 e. The zero-order valence-corrected chi connectivity index (χ0v) is 14.1. The van der Waals surface area contributed by atoms with Crippen molar-refractivity contribution >= 4 is 34.5 Å². The molecule has 0 fully saturated rings. The average Bonchev–Trinajstić information content (AvgIpc) is 3.10. The number of nitrogen functional groups attached to an aromatic ring is 1. The highest BCUT2D eigenvalue weighted by atomic mass is 16.2. The van der Waals surface area contributed by atoms with Gasteiger partial charge < -0.3 is 10.6 Å². The number of nitrogens with zero attached hydrogens (tertiary/aromatic N) is 6. The Kier molecular flexibility index (Phi) is 4.09. The van der Waals surface area contributed by atoms with Gasteiger partial charge in [-0.05, 0) is 25.1 Å². The van der Waals surface area contributed by atoms with Crippen molar-refractivity contribution in [2.24, 2.45) is 0 Å². The van der Waals surface area contributed by atoms with Crippen LogP contribution in [0.15, 0.2) is 24.4 Å². The van der Waals surface area contributed by atoms with Crippen LogP contribution in [0.2, 0.25) is 0 Å². The van der Waals surface area contributed by atoms with E-state index in [2.05, 4.69) is 20.6 Å². The maximum absolute atomic E-state index is 12.7. The van der Waals surface area contributed by atoms with E-state index in [0.29, 0.717) is 22.5 Å². The highest BCUT2D eigenvalue weighted by molar-refractivity contribution is 5.92. The van der Waals surface area contributed by atoms with Gasteiger partial charge in [-0.15, -0.1) is 5.10 Å². The Hall–Kier alpha value is -3.43. The maximum Gasteiger partial charge on any atom is 0.322 e. The van der Waals surface area contributed by atoms with Gasteiger partial charge in [0.15, 0.2) is 5.82 Å². The van der Waals surface area contributed by atoms with E-state index in [4.69, 9.17) is 5.73 Å². The fourth-order valence-corrected chi connectivity index (χ4v) is 2.39. The van der Waals surface area contributed by atoms with Crippen molar-refractivity contribution in [2.75, 3.05) is 25.1 Å². The lowest BCUT2D eigenvalue weighted by atomic mass is 10.3. The first-order valence-electron chi connectivity index (χ1n) is 7.51. The number of fused-ring (bicyclic) bond motifs is 1. The molecule has 2 heterocycles. The molecule has 0 radical (unpaired) electrons. The number of anilines is 2. The molecule has 0 aliphatic rings. The van der Waals surface area contributed by atoms with Crippen LogP contribution in [0, 0.1) is 6.92 Å². The normalized spacial score (nSPS) is 10.8. The standard InChI is InChI=1S/C15H18N8O2/c1-9-17-11-5-4-10(16)6-12(11)23(9)14(24)8-22-7-13(19-20-22)18-15(25)21(2)3/h4-7H,8,16H2,1-3H3,(H,18,25). The molecule has 0 spiro atoms. The lowest BCUT2D eigenvalue weighted by molar-refractivity contribution is 0.0888. The molecule has 0 atom stereocenters. The van der Waals surface area contributed by atoms with Crippen LogP contribution >= 0.6 is 0 Å². The van der Waals surface area contributed by atoms with Gasteiger partial charge in [0, 0.05) is 19.8 Å². The zero-order valence-electron chi connectivity index (χ0n) is 14.1. The van der Waals surface area contributed by atoms with Gasteiger partial charge >= 0.3 is 6.03 Å². The third-order valence-corrected chi connectivity index (χ3v) is 3.57. The second kappa shape index (κ2) is 6.23. The number of hydrogen-bond acceptors (Lipinski definition) is 6. The van der Waals surface area contributed by atoms with Gasteiger partial charge in [0.2, 0.25) is 0 Å². The molecule has 1 aromatic carbocycles. The molecule has 0 bridgehead atoms. The molecular weight excluding hydrogens is 324 g/mol. The quantitative estimate of drug-likeness (QED) is 0.683. The summed E-state index contributed by atoms with van der Waals surface area (Å²) in [5, 5.41) is 10.3. The molecule has 10 nitrogen and oxygen atoms in total. The number of urea groups is 1. The Morgan fingerprint density at radius 1 is 1.32 bits per heavy atom. The van der Waals surface area contributed by atoms with Crippen molar-refractivity contribution in [3.8, 4) is 0 Å². The van der Waals surface area contributed by atoms with Crippen LogP contribution in [-0.2, 0) is 6.54 Å². The fraction of sp³-hybridized carbons (Fsp3) is 0.267. The molecule has 0 aliphatic carbocycles. The van der Waals surface area contributed by atoms with Crippen molar-refractivity contribution < 1.29 is 9.59 Å². The van der Waals surface area contributed by atoms with Crippen LogP contribution in [-0.4, -0.2) is 55.5 Å². The second-order valence-electron chi connectivity index (χ2n) is 5.76. The predicted molar refractivity (Wildman–Crippen MR) is 92.2 cm³/mol. The Balaban J connectivity index is 1.81. The number of imidazole rings is 1. The Labute approximate surface area is 143 Å². The average molecular weight is 342 g/mol. The van der Waals surface area contributed by atoms with E-state index in [-0.39, 0.29) is 24.3 Å².